The summed E-state index contributed by atoms with van der Waals surface area (Å²) in [6, 6.07) is 11.2. The quantitative estimate of drug-likeness (QED) is 0.102. The Morgan fingerprint density at radius 1 is 1.02 bits per heavy atom. The summed E-state index contributed by atoms with van der Waals surface area (Å²) < 4.78 is 25.0. The lowest BCUT2D eigenvalue weighted by Crippen LogP contribution is -2.32. The predicted molar refractivity (Wildman–Crippen MR) is 180 cm³/mol. The Kier molecular flexibility index (Phi) is 36.8. The molecule has 2 rings (SSSR count). The number of amides is 1. The van der Waals surface area contributed by atoms with Crippen LogP contribution in [-0.2, 0) is 11.2 Å². The van der Waals surface area contributed by atoms with E-state index in [1.807, 2.05) is 41.7 Å². The van der Waals surface area contributed by atoms with Gasteiger partial charge in [-0.15, -0.1) is 0 Å². The molecule has 1 fully saturated rings. The van der Waals surface area contributed by atoms with Gasteiger partial charge < -0.3 is 26.4 Å². The van der Waals surface area contributed by atoms with E-state index in [4.69, 9.17) is 26.0 Å². The second-order valence-corrected chi connectivity index (χ2v) is 10.5. The maximum absolute atomic E-state index is 12.5. The molecule has 0 heterocycles. The van der Waals surface area contributed by atoms with Crippen LogP contribution in [0.15, 0.2) is 35.3 Å². The highest BCUT2D eigenvalue weighted by molar-refractivity contribution is 5.85. The van der Waals surface area contributed by atoms with Gasteiger partial charge in [-0.1, -0.05) is 78.8 Å². The van der Waals surface area contributed by atoms with Crippen LogP contribution < -0.4 is 11.1 Å². The van der Waals surface area contributed by atoms with Gasteiger partial charge in [0.2, 0.25) is 11.8 Å². The smallest absolute Gasteiger partial charge is 0.248 e. The molecule has 1 saturated carbocycles. The van der Waals surface area contributed by atoms with Crippen molar-refractivity contribution >= 4 is 11.6 Å². The average Bonchev–Trinajstić information content (AvgIpc) is 2.98. The SMILES string of the molecule is CC.CC.CCC(C)O.CNC(C)CC(CC(C)C)=NCCCc1ccccc1.NC(=O)C1CCC(F)(F)CC1.OCO. The minimum Gasteiger partial charge on any atom is -0.393 e. The zero-order valence-electron chi connectivity index (χ0n) is 29.0. The van der Waals surface area contributed by atoms with Gasteiger partial charge in [-0.25, -0.2) is 8.78 Å². The van der Waals surface area contributed by atoms with Gasteiger partial charge in [0.1, 0.15) is 6.79 Å². The third kappa shape index (κ3) is 34.4. The molecule has 1 amide bonds. The number of carbonyl (C=O) groups excluding carboxylic acids is 1. The Morgan fingerprint density at radius 2 is 1.49 bits per heavy atom. The van der Waals surface area contributed by atoms with Crippen molar-refractivity contribution in [2.75, 3.05) is 20.4 Å². The number of nitrogens with two attached hydrogens (primary N) is 1. The monoisotopic (exact) mass is 620 g/mol. The number of primary amides is 1. The molecule has 2 atom stereocenters. The number of aryl methyl sites for hydroxylation is 1. The molecule has 0 aliphatic heterocycles. The molecule has 9 heteroatoms. The molecule has 7 nitrogen and oxygen atoms in total. The summed E-state index contributed by atoms with van der Waals surface area (Å²) in [4.78, 5) is 15.4. The summed E-state index contributed by atoms with van der Waals surface area (Å²) >= 11 is 0. The number of aliphatic hydroxyl groups is 3. The maximum atomic E-state index is 12.5. The maximum Gasteiger partial charge on any atom is 0.248 e. The Labute approximate surface area is 262 Å². The number of rotatable bonds is 11. The minimum atomic E-state index is -2.56. The van der Waals surface area contributed by atoms with Crippen molar-refractivity contribution in [3.63, 3.8) is 0 Å². The molecule has 0 bridgehead atoms. The zero-order chi connectivity index (χ0) is 34.3. The molecule has 1 aromatic rings. The summed E-state index contributed by atoms with van der Waals surface area (Å²) in [6.45, 7) is 18.7. The van der Waals surface area contributed by atoms with E-state index >= 15 is 0 Å². The zero-order valence-corrected chi connectivity index (χ0v) is 29.0. The predicted octanol–water partition coefficient (Wildman–Crippen LogP) is 7.16. The first kappa shape index (κ1) is 48.0. The highest BCUT2D eigenvalue weighted by Crippen LogP contribution is 2.35. The number of aliphatic imine (C=N–C) groups is 1. The lowest BCUT2D eigenvalue weighted by Gasteiger charge is -2.25. The van der Waals surface area contributed by atoms with Gasteiger partial charge in [0.15, 0.2) is 0 Å². The van der Waals surface area contributed by atoms with E-state index in [9.17, 15) is 13.6 Å². The molecule has 1 aliphatic rings. The second kappa shape index (κ2) is 33.0. The number of nitrogens with zero attached hydrogens (tertiary/aromatic N) is 1. The first-order valence-corrected chi connectivity index (χ1v) is 16.1. The first-order chi connectivity index (χ1) is 20.3. The first-order valence-electron chi connectivity index (χ1n) is 16.1. The van der Waals surface area contributed by atoms with Crippen LogP contribution in [-0.4, -0.2) is 65.4 Å². The second-order valence-electron chi connectivity index (χ2n) is 10.5. The van der Waals surface area contributed by atoms with Gasteiger partial charge in [0, 0.05) is 43.5 Å². The van der Waals surface area contributed by atoms with Crippen molar-refractivity contribution < 1.29 is 28.9 Å². The van der Waals surface area contributed by atoms with E-state index in [2.05, 4.69) is 56.4 Å². The third-order valence-electron chi connectivity index (χ3n) is 6.19. The van der Waals surface area contributed by atoms with Gasteiger partial charge in [-0.2, -0.15) is 0 Å². The number of hydrogen-bond donors (Lipinski definition) is 5. The van der Waals surface area contributed by atoms with Crippen LogP contribution in [0.2, 0.25) is 0 Å². The fourth-order valence-corrected chi connectivity index (χ4v) is 3.63. The number of halogens is 2. The molecule has 0 aromatic heterocycles. The van der Waals surface area contributed by atoms with Crippen LogP contribution in [0.5, 0.6) is 0 Å². The average molecular weight is 620 g/mol. The van der Waals surface area contributed by atoms with E-state index in [0.29, 0.717) is 12.0 Å². The molecular formula is C34H67F2N3O4. The topological polar surface area (TPSA) is 128 Å². The number of hydrogen-bond acceptors (Lipinski definition) is 6. The number of nitrogens with one attached hydrogen (secondary N) is 1. The molecule has 43 heavy (non-hydrogen) atoms. The number of benzene rings is 1. The van der Waals surface area contributed by atoms with Gasteiger partial charge in [0.05, 0.1) is 6.10 Å². The van der Waals surface area contributed by atoms with Crippen molar-refractivity contribution in [3.05, 3.63) is 35.9 Å². The molecule has 2 unspecified atom stereocenters. The van der Waals surface area contributed by atoms with Gasteiger partial charge in [-0.3, -0.25) is 9.79 Å². The van der Waals surface area contributed by atoms with Crippen molar-refractivity contribution in [3.8, 4) is 0 Å². The van der Waals surface area contributed by atoms with Crippen LogP contribution in [0.25, 0.3) is 0 Å². The van der Waals surface area contributed by atoms with E-state index in [-0.39, 0.29) is 37.7 Å². The van der Waals surface area contributed by atoms with Gasteiger partial charge >= 0.3 is 0 Å². The number of carbonyl (C=O) groups is 1. The summed E-state index contributed by atoms with van der Waals surface area (Å²) in [5.41, 5.74) is 7.76. The van der Waals surface area contributed by atoms with Crippen LogP contribution in [0.1, 0.15) is 119 Å². The van der Waals surface area contributed by atoms with Crippen molar-refractivity contribution in [2.24, 2.45) is 22.6 Å². The largest absolute Gasteiger partial charge is 0.393 e. The molecule has 6 N–H and O–H groups in total. The Hall–Kier alpha value is -1.94. The summed E-state index contributed by atoms with van der Waals surface area (Å²) in [6.07, 6.45) is 5.29. The fraction of sp³-hybridized carbons (Fsp3) is 0.765. The summed E-state index contributed by atoms with van der Waals surface area (Å²) in [5.74, 6) is -2.64. The number of alkyl halides is 2. The Bertz CT molecular complexity index is 738. The van der Waals surface area contributed by atoms with Gasteiger partial charge in [0.25, 0.3) is 0 Å². The minimum absolute atomic E-state index is 0.116. The van der Waals surface area contributed by atoms with E-state index in [0.717, 1.165) is 38.6 Å². The molecule has 1 aromatic carbocycles. The third-order valence-corrected chi connectivity index (χ3v) is 6.19. The highest BCUT2D eigenvalue weighted by atomic mass is 19.3. The number of aliphatic hydroxyl groups excluding tert-OH is 2. The van der Waals surface area contributed by atoms with Crippen LogP contribution in [0.4, 0.5) is 8.78 Å². The molecule has 0 spiro atoms. The van der Waals surface area contributed by atoms with E-state index in [1.54, 1.807) is 6.92 Å². The summed E-state index contributed by atoms with van der Waals surface area (Å²) in [7, 11) is 2.02. The van der Waals surface area contributed by atoms with Crippen LogP contribution >= 0.6 is 0 Å². The molecule has 256 valence electrons. The van der Waals surface area contributed by atoms with Crippen molar-refractivity contribution in [1.29, 1.82) is 0 Å². The standard InChI is InChI=1S/C18H30N2.C7H11F2NO.C4H10O.2C2H6.CH4O2/c1-15(2)13-18(14-16(3)19-4)20-12-8-11-17-9-6-5-7-10-17;8-7(9)3-1-5(2-4-7)6(10)11;1-3-4(2)5;2*1-2;2-1-3/h5-7,9-10,15-16,19H,8,11-14H2,1-4H3;5H,1-4H2,(H2,10,11);4-5H,3H2,1-2H3;2*1-2H3;2-3H,1H2. The lowest BCUT2D eigenvalue weighted by molar-refractivity contribution is -0.125. The summed E-state index contributed by atoms with van der Waals surface area (Å²) in [5, 5.41) is 25.9. The normalized spacial score (nSPS) is 15.2. The van der Waals surface area contributed by atoms with E-state index < -0.39 is 18.6 Å². The fourth-order valence-electron chi connectivity index (χ4n) is 3.63. The van der Waals surface area contributed by atoms with Crippen LogP contribution in [0, 0.1) is 11.8 Å². The van der Waals surface area contributed by atoms with E-state index in [1.165, 1.54) is 11.3 Å². The molecule has 0 saturated heterocycles. The molecular weight excluding hydrogens is 552 g/mol. The van der Waals surface area contributed by atoms with Crippen LogP contribution in [0.3, 0.4) is 0 Å². The van der Waals surface area contributed by atoms with Crippen molar-refractivity contribution in [1.82, 2.24) is 5.32 Å². The molecule has 0 radical (unpaired) electrons. The molecule has 1 aliphatic carbocycles. The Morgan fingerprint density at radius 3 is 1.86 bits per heavy atom. The van der Waals surface area contributed by atoms with Crippen molar-refractivity contribution in [2.45, 2.75) is 138 Å². The Balaban J connectivity index is -0.000000276. The highest BCUT2D eigenvalue weighted by Gasteiger charge is 2.36. The van der Waals surface area contributed by atoms with Gasteiger partial charge in [-0.05, 0) is 70.9 Å². The lowest BCUT2D eigenvalue weighted by atomic mass is 9.86.